The van der Waals surface area contributed by atoms with Gasteiger partial charge in [-0.2, -0.15) is 0 Å². The monoisotopic (exact) mass is 394 g/mol. The lowest BCUT2D eigenvalue weighted by Crippen LogP contribution is -2.37. The summed E-state index contributed by atoms with van der Waals surface area (Å²) in [6.45, 7) is 0.309. The van der Waals surface area contributed by atoms with Gasteiger partial charge in [-0.05, 0) is 35.9 Å². The number of halogens is 1. The number of hydrogen-bond donors (Lipinski definition) is 3. The quantitative estimate of drug-likeness (QED) is 0.418. The third-order valence-electron chi connectivity index (χ3n) is 4.72. The zero-order valence-electron chi connectivity index (χ0n) is 15.0. The molecule has 2 heterocycles. The Hall–Kier alpha value is -3.02. The standard InChI is InChI=1S/C22H19ClN2O3/c23-18-7-3-1-6-17(18)21-10-9-15(28-21)13-25-20(22(26)27)11-14-12-24-19-8-4-2-5-16(14)19/h1-10,12,20,24-25H,11,13H2,(H,26,27)/t20-/m0/s1. The van der Waals surface area contributed by atoms with Crippen molar-refractivity contribution in [3.8, 4) is 11.3 Å². The first-order valence-electron chi connectivity index (χ1n) is 8.96. The maximum atomic E-state index is 11.7. The fourth-order valence-corrected chi connectivity index (χ4v) is 3.50. The molecule has 4 rings (SSSR count). The molecule has 6 heteroatoms. The van der Waals surface area contributed by atoms with Crippen LogP contribution in [0, 0.1) is 0 Å². The Labute approximate surface area is 166 Å². The molecule has 28 heavy (non-hydrogen) atoms. The Kier molecular flexibility index (Phi) is 5.19. The van der Waals surface area contributed by atoms with Crippen LogP contribution in [0.25, 0.3) is 22.2 Å². The topological polar surface area (TPSA) is 78.3 Å². The molecule has 2 aromatic carbocycles. The third kappa shape index (κ3) is 3.81. The molecule has 0 radical (unpaired) electrons. The lowest BCUT2D eigenvalue weighted by molar-refractivity contribution is -0.139. The molecule has 0 unspecified atom stereocenters. The Bertz CT molecular complexity index is 1120. The SMILES string of the molecule is O=C(O)[C@H](Cc1c[nH]c2ccccc12)NCc1ccc(-c2ccccc2Cl)o1. The number of hydrogen-bond acceptors (Lipinski definition) is 3. The van der Waals surface area contributed by atoms with Crippen LogP contribution in [-0.4, -0.2) is 22.1 Å². The van der Waals surface area contributed by atoms with Crippen LogP contribution < -0.4 is 5.32 Å². The van der Waals surface area contributed by atoms with Gasteiger partial charge in [0.05, 0.1) is 11.6 Å². The minimum absolute atomic E-state index is 0.309. The fourth-order valence-electron chi connectivity index (χ4n) is 3.27. The molecule has 0 amide bonds. The van der Waals surface area contributed by atoms with E-state index in [-0.39, 0.29) is 0 Å². The summed E-state index contributed by atoms with van der Waals surface area (Å²) in [7, 11) is 0. The van der Waals surface area contributed by atoms with E-state index in [1.807, 2.05) is 60.8 Å². The highest BCUT2D eigenvalue weighted by Crippen LogP contribution is 2.29. The number of aromatic nitrogens is 1. The van der Waals surface area contributed by atoms with E-state index in [0.717, 1.165) is 22.0 Å². The van der Waals surface area contributed by atoms with Crippen LogP contribution in [-0.2, 0) is 17.8 Å². The summed E-state index contributed by atoms with van der Waals surface area (Å²) < 4.78 is 5.84. The van der Waals surface area contributed by atoms with E-state index < -0.39 is 12.0 Å². The molecule has 0 spiro atoms. The van der Waals surface area contributed by atoms with Gasteiger partial charge in [0.1, 0.15) is 17.6 Å². The smallest absolute Gasteiger partial charge is 0.321 e. The molecule has 0 aliphatic heterocycles. The minimum atomic E-state index is -0.900. The van der Waals surface area contributed by atoms with Crippen molar-refractivity contribution in [3.63, 3.8) is 0 Å². The van der Waals surface area contributed by atoms with E-state index in [2.05, 4.69) is 10.3 Å². The second-order valence-corrected chi connectivity index (χ2v) is 6.99. The van der Waals surface area contributed by atoms with E-state index in [0.29, 0.717) is 29.5 Å². The minimum Gasteiger partial charge on any atom is -0.480 e. The Morgan fingerprint density at radius 2 is 1.89 bits per heavy atom. The molecule has 0 aliphatic carbocycles. The summed E-state index contributed by atoms with van der Waals surface area (Å²) in [5.41, 5.74) is 2.77. The number of aliphatic carboxylic acids is 1. The van der Waals surface area contributed by atoms with Crippen LogP contribution in [0.3, 0.4) is 0 Å². The van der Waals surface area contributed by atoms with Gasteiger partial charge < -0.3 is 14.5 Å². The molecule has 142 valence electrons. The molecule has 0 bridgehead atoms. The van der Waals surface area contributed by atoms with Crippen molar-refractivity contribution in [3.05, 3.63) is 83.2 Å². The van der Waals surface area contributed by atoms with Crippen molar-refractivity contribution in [2.45, 2.75) is 19.0 Å². The van der Waals surface area contributed by atoms with E-state index in [4.69, 9.17) is 16.0 Å². The lowest BCUT2D eigenvalue weighted by atomic mass is 10.0. The second kappa shape index (κ2) is 7.92. The van der Waals surface area contributed by atoms with Crippen LogP contribution in [0.2, 0.25) is 5.02 Å². The number of carboxylic acid groups (broad SMARTS) is 1. The molecule has 0 saturated heterocycles. The van der Waals surface area contributed by atoms with E-state index >= 15 is 0 Å². The number of carbonyl (C=O) groups is 1. The summed E-state index contributed by atoms with van der Waals surface area (Å²) in [5, 5.41) is 14.3. The Balaban J connectivity index is 1.46. The average molecular weight is 395 g/mol. The fraction of sp³-hybridized carbons (Fsp3) is 0.136. The predicted octanol–water partition coefficient (Wildman–Crippen LogP) is 4.87. The van der Waals surface area contributed by atoms with Gasteiger partial charge in [-0.1, -0.05) is 41.9 Å². The summed E-state index contributed by atoms with van der Waals surface area (Å²) in [6, 6.07) is 18.2. The van der Waals surface area contributed by atoms with Crippen molar-refractivity contribution >= 4 is 28.5 Å². The molecular formula is C22H19ClN2O3. The van der Waals surface area contributed by atoms with Gasteiger partial charge in [-0.15, -0.1) is 0 Å². The molecule has 3 N–H and O–H groups in total. The lowest BCUT2D eigenvalue weighted by Gasteiger charge is -2.13. The van der Waals surface area contributed by atoms with Crippen molar-refractivity contribution in [1.82, 2.24) is 10.3 Å². The summed E-state index contributed by atoms with van der Waals surface area (Å²) in [5.74, 6) is 0.411. The van der Waals surface area contributed by atoms with Crippen LogP contribution >= 0.6 is 11.6 Å². The summed E-state index contributed by atoms with van der Waals surface area (Å²) in [6.07, 6.45) is 2.24. The van der Waals surface area contributed by atoms with Crippen LogP contribution in [0.4, 0.5) is 0 Å². The number of benzene rings is 2. The van der Waals surface area contributed by atoms with E-state index in [9.17, 15) is 9.90 Å². The normalized spacial score (nSPS) is 12.3. The van der Waals surface area contributed by atoms with Gasteiger partial charge >= 0.3 is 5.97 Å². The number of carboxylic acids is 1. The summed E-state index contributed by atoms with van der Waals surface area (Å²) >= 11 is 6.21. The van der Waals surface area contributed by atoms with Gasteiger partial charge in [0.15, 0.2) is 0 Å². The molecular weight excluding hydrogens is 376 g/mol. The maximum Gasteiger partial charge on any atom is 0.321 e. The van der Waals surface area contributed by atoms with Crippen molar-refractivity contribution in [2.75, 3.05) is 0 Å². The van der Waals surface area contributed by atoms with Crippen LogP contribution in [0.1, 0.15) is 11.3 Å². The van der Waals surface area contributed by atoms with Gasteiger partial charge in [-0.25, -0.2) is 0 Å². The number of rotatable bonds is 7. The predicted molar refractivity (Wildman–Crippen MR) is 109 cm³/mol. The van der Waals surface area contributed by atoms with Crippen LogP contribution in [0.15, 0.2) is 71.3 Å². The van der Waals surface area contributed by atoms with Gasteiger partial charge in [0.25, 0.3) is 0 Å². The first-order valence-corrected chi connectivity index (χ1v) is 9.34. The molecule has 1 atom stereocenters. The largest absolute Gasteiger partial charge is 0.480 e. The number of fused-ring (bicyclic) bond motifs is 1. The Morgan fingerprint density at radius 3 is 2.71 bits per heavy atom. The van der Waals surface area contributed by atoms with Crippen molar-refractivity contribution in [2.24, 2.45) is 0 Å². The number of para-hydroxylation sites is 1. The first kappa shape index (κ1) is 18.3. The number of nitrogens with one attached hydrogen (secondary N) is 2. The average Bonchev–Trinajstić information content (AvgIpc) is 3.32. The number of furan rings is 1. The molecule has 0 fully saturated rings. The first-order chi connectivity index (χ1) is 13.6. The second-order valence-electron chi connectivity index (χ2n) is 6.58. The van der Waals surface area contributed by atoms with Gasteiger partial charge in [0, 0.05) is 29.1 Å². The highest BCUT2D eigenvalue weighted by molar-refractivity contribution is 6.33. The zero-order chi connectivity index (χ0) is 19.5. The van der Waals surface area contributed by atoms with Gasteiger partial charge in [0.2, 0.25) is 0 Å². The van der Waals surface area contributed by atoms with E-state index in [1.54, 1.807) is 6.07 Å². The molecule has 0 saturated carbocycles. The maximum absolute atomic E-state index is 11.7. The molecule has 5 nitrogen and oxygen atoms in total. The van der Waals surface area contributed by atoms with E-state index in [1.165, 1.54) is 0 Å². The highest BCUT2D eigenvalue weighted by Gasteiger charge is 2.20. The van der Waals surface area contributed by atoms with Crippen molar-refractivity contribution in [1.29, 1.82) is 0 Å². The molecule has 2 aromatic heterocycles. The Morgan fingerprint density at radius 1 is 1.11 bits per heavy atom. The van der Waals surface area contributed by atoms with Crippen molar-refractivity contribution < 1.29 is 14.3 Å². The number of aromatic amines is 1. The number of H-pyrrole nitrogens is 1. The van der Waals surface area contributed by atoms with Crippen LogP contribution in [0.5, 0.6) is 0 Å². The molecule has 4 aromatic rings. The highest BCUT2D eigenvalue weighted by atomic mass is 35.5. The summed E-state index contributed by atoms with van der Waals surface area (Å²) in [4.78, 5) is 14.9. The molecule has 0 aliphatic rings. The zero-order valence-corrected chi connectivity index (χ0v) is 15.7. The third-order valence-corrected chi connectivity index (χ3v) is 5.05. The van der Waals surface area contributed by atoms with Gasteiger partial charge in [-0.3, -0.25) is 10.1 Å².